The Hall–Kier alpha value is 0.704. The average Bonchev–Trinajstić information content (AvgIpc) is 1.25. The van der Waals surface area contributed by atoms with Crippen LogP contribution in [0.25, 0.3) is 0 Å². The van der Waals surface area contributed by atoms with Gasteiger partial charge in [-0.15, -0.1) is 33.2 Å². The van der Waals surface area contributed by atoms with Crippen molar-refractivity contribution in [3.05, 3.63) is 0 Å². The Labute approximate surface area is 63.4 Å². The van der Waals surface area contributed by atoms with Crippen LogP contribution in [0.5, 0.6) is 0 Å². The minimum Gasteiger partial charge on any atom is -0.511 e. The van der Waals surface area contributed by atoms with Gasteiger partial charge in [-0.2, -0.15) is 0 Å². The molecule has 0 heterocycles. The van der Waals surface area contributed by atoms with Crippen LogP contribution >= 0.6 is 33.2 Å². The lowest BCUT2D eigenvalue weighted by molar-refractivity contribution is 0.330. The molecule has 0 aliphatic heterocycles. The van der Waals surface area contributed by atoms with Crippen LogP contribution in [0.15, 0.2) is 0 Å². The quantitative estimate of drug-likeness (QED) is 0.442. The summed E-state index contributed by atoms with van der Waals surface area (Å²) in [4.78, 5) is 14.3. The van der Waals surface area contributed by atoms with E-state index in [1.165, 1.54) is 0 Å². The van der Waals surface area contributed by atoms with Gasteiger partial charge in [0.2, 0.25) is 0 Å². The maximum Gasteiger partial charge on any atom is 0.761 e. The molecule has 0 aliphatic carbocycles. The topological polar surface area (TPSA) is 57.5 Å². The fourth-order valence-corrected chi connectivity index (χ4v) is 0. The Morgan fingerprint density at radius 2 is 1.12 bits per heavy atom. The zero-order valence-electron chi connectivity index (χ0n) is 3.44. The molecular weight excluding hydrogens is 211 g/mol. The highest BCUT2D eigenvalue weighted by Gasteiger charge is 1.88. The first-order chi connectivity index (χ1) is 3.46. The van der Waals surface area contributed by atoms with Crippen molar-refractivity contribution in [2.45, 2.75) is 0 Å². The maximum atomic E-state index is 8.74. The predicted molar refractivity (Wildman–Crippen MR) is 34.2 cm³/mol. The van der Waals surface area contributed by atoms with Gasteiger partial charge in [0.25, 0.3) is 0 Å². The van der Waals surface area contributed by atoms with Gasteiger partial charge < -0.3 is 9.59 Å². The minimum absolute atomic E-state index is 1.46. The molecule has 1 radical (unpaired) electrons. The summed E-state index contributed by atoms with van der Waals surface area (Å²) in [6.45, 7) is -1.46. The fourth-order valence-electron chi connectivity index (χ4n) is 0. The maximum absolute atomic E-state index is 8.74. The van der Waals surface area contributed by atoms with Crippen molar-refractivity contribution in [1.82, 2.24) is 0 Å². The van der Waals surface area contributed by atoms with E-state index in [0.717, 1.165) is 0 Å². The third-order valence-corrected chi connectivity index (χ3v) is 0. The highest BCUT2D eigenvalue weighted by atomic mass is 35.8. The SMILES string of the molecule is Cl[Si](Cl)Cl.O=[Si](O)O. The number of rotatable bonds is 0. The molecule has 0 fully saturated rings. The van der Waals surface area contributed by atoms with Crippen molar-refractivity contribution in [2.24, 2.45) is 0 Å². The second-order valence-corrected chi connectivity index (χ2v) is 6.63. The molecule has 0 aromatic carbocycles. The van der Waals surface area contributed by atoms with Crippen LogP contribution in [0.3, 0.4) is 0 Å². The third-order valence-electron chi connectivity index (χ3n) is 0. The van der Waals surface area contributed by atoms with E-state index in [0.29, 0.717) is 0 Å². The predicted octanol–water partition coefficient (Wildman–Crippen LogP) is 0.0741. The first kappa shape index (κ1) is 11.5. The van der Waals surface area contributed by atoms with Gasteiger partial charge in [0.15, 0.2) is 0 Å². The molecule has 0 aromatic heterocycles. The molecule has 8 heavy (non-hydrogen) atoms. The Kier molecular flexibility index (Phi) is 11.1. The van der Waals surface area contributed by atoms with Crippen molar-refractivity contribution >= 4 is 49.1 Å². The van der Waals surface area contributed by atoms with Crippen LogP contribution in [-0.4, -0.2) is 25.5 Å². The van der Waals surface area contributed by atoms with Gasteiger partial charge in [-0.25, -0.2) is 0 Å². The second kappa shape index (κ2) is 7.70. The molecule has 0 bridgehead atoms. The molecule has 3 nitrogen and oxygen atoms in total. The van der Waals surface area contributed by atoms with Gasteiger partial charge in [-0.05, 0) is 0 Å². The van der Waals surface area contributed by atoms with E-state index in [4.69, 9.17) is 47.3 Å². The third kappa shape index (κ3) is 440. The molecule has 2 N–H and O–H groups in total. The van der Waals surface area contributed by atoms with E-state index >= 15 is 0 Å². The van der Waals surface area contributed by atoms with Crippen LogP contribution < -0.4 is 0 Å². The van der Waals surface area contributed by atoms with E-state index in [-0.39, 0.29) is 0 Å². The van der Waals surface area contributed by atoms with E-state index in [1.807, 2.05) is 0 Å². The Morgan fingerprint density at radius 1 is 1.12 bits per heavy atom. The molecule has 0 aromatic rings. The molecule has 0 aliphatic rings. The van der Waals surface area contributed by atoms with Gasteiger partial charge in [0.05, 0.1) is 0 Å². The van der Waals surface area contributed by atoms with Gasteiger partial charge >= 0.3 is 15.9 Å². The number of hydrogen-bond donors (Lipinski definition) is 2. The standard InChI is InChI=1S/Cl3Si.H2O3Si/c2*1-4(2)3/h;1-2H. The van der Waals surface area contributed by atoms with E-state index in [2.05, 4.69) is 0 Å². The molecule has 0 spiro atoms. The Bertz CT molecular complexity index is 56.8. The van der Waals surface area contributed by atoms with Crippen molar-refractivity contribution in [1.29, 1.82) is 0 Å². The highest BCUT2D eigenvalue weighted by molar-refractivity contribution is 7.54. The highest BCUT2D eigenvalue weighted by Crippen LogP contribution is 1.97. The zero-order valence-corrected chi connectivity index (χ0v) is 7.70. The van der Waals surface area contributed by atoms with Crippen molar-refractivity contribution in [2.75, 3.05) is 0 Å². The van der Waals surface area contributed by atoms with Gasteiger partial charge in [-0.3, -0.25) is 4.46 Å². The lowest BCUT2D eigenvalue weighted by Gasteiger charge is -1.62. The number of halogens is 3. The summed E-state index contributed by atoms with van der Waals surface area (Å²) < 4.78 is 8.74. The lowest BCUT2D eigenvalue weighted by Crippen LogP contribution is -1.90. The molecule has 0 amide bonds. The molecule has 0 saturated carbocycles. The molecular formula is H2Cl3O3Si2. The smallest absolute Gasteiger partial charge is 0.511 e. The average molecular weight is 213 g/mol. The van der Waals surface area contributed by atoms with Crippen molar-refractivity contribution in [3.63, 3.8) is 0 Å². The molecule has 49 valence electrons. The number of hydrogen-bond acceptors (Lipinski definition) is 1. The van der Waals surface area contributed by atoms with E-state index < -0.39 is 15.9 Å². The van der Waals surface area contributed by atoms with Crippen molar-refractivity contribution in [3.8, 4) is 0 Å². The largest absolute Gasteiger partial charge is 0.761 e. The van der Waals surface area contributed by atoms with Crippen LogP contribution in [-0.2, 0) is 4.46 Å². The normalized spacial score (nSPS) is 7.50. The summed E-state index contributed by atoms with van der Waals surface area (Å²) in [5, 5.41) is 0. The first-order valence-corrected chi connectivity index (χ1v) is 7.06. The fraction of sp³-hybridized carbons (Fsp3) is 0. The molecule has 0 unspecified atom stereocenters. The van der Waals surface area contributed by atoms with Gasteiger partial charge in [0, 0.05) is 0 Å². The minimum atomic E-state index is -3.13. The Morgan fingerprint density at radius 3 is 1.12 bits per heavy atom. The van der Waals surface area contributed by atoms with Gasteiger partial charge in [-0.1, -0.05) is 0 Å². The Balaban J connectivity index is 0. The van der Waals surface area contributed by atoms with Gasteiger partial charge in [0.1, 0.15) is 0 Å². The molecule has 0 rings (SSSR count). The second-order valence-electron chi connectivity index (χ2n) is 0.497. The molecule has 0 saturated heterocycles. The summed E-state index contributed by atoms with van der Waals surface area (Å²) in [5.74, 6) is 0. The monoisotopic (exact) mass is 211 g/mol. The lowest BCUT2D eigenvalue weighted by atomic mass is 15.8. The van der Waals surface area contributed by atoms with Crippen molar-refractivity contribution < 1.29 is 14.1 Å². The van der Waals surface area contributed by atoms with Crippen LogP contribution in [0.2, 0.25) is 0 Å². The summed E-state index contributed by atoms with van der Waals surface area (Å²) in [7, 11) is -3.13. The zero-order chi connectivity index (χ0) is 7.15. The first-order valence-electron chi connectivity index (χ1n) is 1.22. The molecule has 0 atom stereocenters. The van der Waals surface area contributed by atoms with E-state index in [9.17, 15) is 0 Å². The summed E-state index contributed by atoms with van der Waals surface area (Å²) >= 11 is 14.7. The van der Waals surface area contributed by atoms with Crippen LogP contribution in [0.1, 0.15) is 0 Å². The molecule has 8 heteroatoms. The summed E-state index contributed by atoms with van der Waals surface area (Å²) in [6.07, 6.45) is 0. The summed E-state index contributed by atoms with van der Waals surface area (Å²) in [6, 6.07) is 0. The van der Waals surface area contributed by atoms with Crippen LogP contribution in [0, 0.1) is 0 Å². The van der Waals surface area contributed by atoms with Crippen LogP contribution in [0.4, 0.5) is 0 Å². The van der Waals surface area contributed by atoms with E-state index in [1.54, 1.807) is 0 Å². The summed E-state index contributed by atoms with van der Waals surface area (Å²) in [5.41, 5.74) is 0.